The van der Waals surface area contributed by atoms with Gasteiger partial charge in [-0.25, -0.2) is 9.79 Å². The molecule has 0 saturated heterocycles. The molecule has 7 rings (SSSR count). The molecule has 43 heavy (non-hydrogen) atoms. The third-order valence-electron chi connectivity index (χ3n) is 7.67. The fraction of sp³-hybridized carbons (Fsp3) is 0.0882. The Bertz CT molecular complexity index is 2130. The molecule has 2 heterocycles. The van der Waals surface area contributed by atoms with E-state index in [1.807, 2.05) is 34.9 Å². The van der Waals surface area contributed by atoms with E-state index in [2.05, 4.69) is 30.3 Å². The largest absolute Gasteiger partial charge is 0.423 e. The van der Waals surface area contributed by atoms with Gasteiger partial charge in [-0.3, -0.25) is 19.5 Å². The van der Waals surface area contributed by atoms with E-state index in [0.717, 1.165) is 40.8 Å². The van der Waals surface area contributed by atoms with Crippen molar-refractivity contribution < 1.29 is 14.5 Å². The van der Waals surface area contributed by atoms with Crippen molar-refractivity contribution in [3.63, 3.8) is 0 Å². The molecule has 0 amide bonds. The van der Waals surface area contributed by atoms with E-state index in [1.165, 1.54) is 41.2 Å². The Morgan fingerprint density at radius 2 is 1.72 bits per heavy atom. The normalized spacial score (nSPS) is 15.6. The number of hydrogen-bond acceptors (Lipinski definition) is 7. The predicted octanol–water partition coefficient (Wildman–Crippen LogP) is 5.45. The van der Waals surface area contributed by atoms with Gasteiger partial charge in [-0.05, 0) is 59.4 Å². The number of ether oxygens (including phenoxy) is 1. The highest BCUT2D eigenvalue weighted by molar-refractivity contribution is 7.07. The molecule has 0 fully saturated rings. The number of thiazole rings is 1. The first-order valence-corrected chi connectivity index (χ1v) is 14.5. The lowest BCUT2D eigenvalue weighted by Crippen LogP contribution is -2.38. The number of allylic oxidation sites excluding steroid dienone is 1. The quantitative estimate of drug-likeness (QED) is 0.118. The Morgan fingerprint density at radius 3 is 2.51 bits per heavy atom. The molecule has 0 saturated carbocycles. The van der Waals surface area contributed by atoms with Gasteiger partial charge in [0.15, 0.2) is 4.80 Å². The fourth-order valence-corrected chi connectivity index (χ4v) is 6.65. The summed E-state index contributed by atoms with van der Waals surface area (Å²) in [5, 5.41) is 11.0. The summed E-state index contributed by atoms with van der Waals surface area (Å²) in [6.07, 6.45) is 3.54. The second-order valence-electron chi connectivity index (χ2n) is 10.3. The number of fused-ring (bicyclic) bond motifs is 3. The summed E-state index contributed by atoms with van der Waals surface area (Å²) >= 11 is 1.36. The van der Waals surface area contributed by atoms with Gasteiger partial charge in [-0.2, -0.15) is 0 Å². The maximum atomic E-state index is 13.9. The highest BCUT2D eigenvalue weighted by atomic mass is 32.1. The number of rotatable bonds is 5. The van der Waals surface area contributed by atoms with Crippen molar-refractivity contribution in [3.05, 3.63) is 166 Å². The van der Waals surface area contributed by atoms with Gasteiger partial charge in [0.1, 0.15) is 5.75 Å². The number of hydrogen-bond donors (Lipinski definition) is 0. The third kappa shape index (κ3) is 4.89. The second-order valence-corrected chi connectivity index (χ2v) is 11.3. The number of esters is 1. The van der Waals surface area contributed by atoms with E-state index in [4.69, 9.17) is 9.73 Å². The molecule has 210 valence electrons. The maximum Gasteiger partial charge on any atom is 0.343 e. The minimum atomic E-state index is -0.698. The molecule has 0 radical (unpaired) electrons. The van der Waals surface area contributed by atoms with Gasteiger partial charge >= 0.3 is 5.97 Å². The fourth-order valence-electron chi connectivity index (χ4n) is 5.65. The number of carbonyl (C=O) groups excluding carboxylic acids is 1. The van der Waals surface area contributed by atoms with Gasteiger partial charge in [0.25, 0.3) is 11.2 Å². The number of non-ortho nitro benzene ring substituents is 1. The van der Waals surface area contributed by atoms with E-state index in [1.54, 1.807) is 24.3 Å². The van der Waals surface area contributed by atoms with E-state index in [0.29, 0.717) is 9.33 Å². The Hall–Kier alpha value is -5.41. The molecule has 1 atom stereocenters. The monoisotopic (exact) mass is 585 g/mol. The van der Waals surface area contributed by atoms with Gasteiger partial charge in [0.05, 0.1) is 26.8 Å². The minimum absolute atomic E-state index is 0.0812. The van der Waals surface area contributed by atoms with Crippen LogP contribution >= 0.6 is 11.3 Å². The molecule has 8 nitrogen and oxygen atoms in total. The third-order valence-corrected chi connectivity index (χ3v) is 8.65. The lowest BCUT2D eigenvalue weighted by molar-refractivity contribution is -0.384. The minimum Gasteiger partial charge on any atom is -0.423 e. The average molecular weight is 586 g/mol. The van der Waals surface area contributed by atoms with Crippen LogP contribution in [-0.2, 0) is 6.42 Å². The van der Waals surface area contributed by atoms with Crippen LogP contribution in [-0.4, -0.2) is 15.5 Å². The summed E-state index contributed by atoms with van der Waals surface area (Å²) in [5.41, 5.74) is 6.09. The van der Waals surface area contributed by atoms with Crippen molar-refractivity contribution in [1.82, 2.24) is 4.57 Å². The molecule has 2 aliphatic rings. The van der Waals surface area contributed by atoms with Crippen LogP contribution in [0.15, 0.2) is 118 Å². The van der Waals surface area contributed by atoms with E-state index in [-0.39, 0.29) is 28.6 Å². The highest BCUT2D eigenvalue weighted by Crippen LogP contribution is 2.41. The van der Waals surface area contributed by atoms with E-state index in [9.17, 15) is 19.7 Å². The summed E-state index contributed by atoms with van der Waals surface area (Å²) < 4.78 is 7.78. The molecule has 0 unspecified atom stereocenters. The van der Waals surface area contributed by atoms with Gasteiger partial charge in [0, 0.05) is 17.7 Å². The number of nitrogens with zero attached hydrogens (tertiary/aromatic N) is 3. The zero-order valence-corrected chi connectivity index (χ0v) is 23.5. The average Bonchev–Trinajstić information content (AvgIpc) is 3.35. The SMILES string of the molecule is O=C(Oc1ccc(/C=c2/sc3n(c2=O)[C@@H](c2ccccc2)C2=C(N=3)c3ccccc3CC2)cc1)c1cccc([N+](=O)[O-])c1. The molecule has 5 aromatic rings. The maximum absolute atomic E-state index is 13.9. The smallest absolute Gasteiger partial charge is 0.343 e. The summed E-state index contributed by atoms with van der Waals surface area (Å²) in [4.78, 5) is 42.6. The Morgan fingerprint density at radius 1 is 0.953 bits per heavy atom. The van der Waals surface area contributed by atoms with E-state index >= 15 is 0 Å². The first-order valence-electron chi connectivity index (χ1n) is 13.7. The van der Waals surface area contributed by atoms with Crippen molar-refractivity contribution in [2.45, 2.75) is 18.9 Å². The Kier molecular flexibility index (Phi) is 6.64. The summed E-state index contributed by atoms with van der Waals surface area (Å²) in [7, 11) is 0. The molecule has 4 aromatic carbocycles. The first kappa shape index (κ1) is 26.5. The van der Waals surface area contributed by atoms with Gasteiger partial charge in [0.2, 0.25) is 0 Å². The summed E-state index contributed by atoms with van der Waals surface area (Å²) in [6.45, 7) is 0. The second kappa shape index (κ2) is 10.8. The highest BCUT2D eigenvalue weighted by Gasteiger charge is 2.32. The molecule has 0 N–H and O–H groups in total. The molecule has 1 aliphatic heterocycles. The topological polar surface area (TPSA) is 104 Å². The summed E-state index contributed by atoms with van der Waals surface area (Å²) in [6, 6.07) is 30.3. The van der Waals surface area contributed by atoms with Crippen LogP contribution in [0.4, 0.5) is 5.69 Å². The molecule has 9 heteroatoms. The van der Waals surface area contributed by atoms with Gasteiger partial charge in [-0.15, -0.1) is 0 Å². The Labute approximate surface area is 249 Å². The van der Waals surface area contributed by atoms with Crippen LogP contribution in [0.25, 0.3) is 11.8 Å². The Balaban J connectivity index is 1.24. The predicted molar refractivity (Wildman–Crippen MR) is 164 cm³/mol. The van der Waals surface area contributed by atoms with Crippen molar-refractivity contribution in [3.8, 4) is 5.75 Å². The number of carbonyl (C=O) groups is 1. The molecular formula is C34H23N3O5S. The zero-order chi connectivity index (χ0) is 29.5. The van der Waals surface area contributed by atoms with Crippen molar-refractivity contribution in [2.24, 2.45) is 4.99 Å². The molecule has 0 bridgehead atoms. The zero-order valence-electron chi connectivity index (χ0n) is 22.7. The van der Waals surface area contributed by atoms with Crippen LogP contribution in [0.5, 0.6) is 5.75 Å². The first-order chi connectivity index (χ1) is 21.0. The molecule has 0 spiro atoms. The van der Waals surface area contributed by atoms with E-state index < -0.39 is 10.9 Å². The molecule has 1 aromatic heterocycles. The van der Waals surface area contributed by atoms with Crippen LogP contribution in [0.1, 0.15) is 45.1 Å². The standard InChI is InChI=1S/C34H23N3O5S/c38-32-29(19-21-13-16-26(17-14-21)42-33(39)24-10-6-11-25(20-24)37(40)41)43-34-35-30-27-12-5-4-7-22(27)15-18-28(30)31(36(32)34)23-8-2-1-3-9-23/h1-14,16-17,19-20,31H,15,18H2/b29-19+/t31-/m0/s1. The van der Waals surface area contributed by atoms with Crippen molar-refractivity contribution >= 4 is 34.8 Å². The number of nitro groups is 1. The number of benzene rings is 4. The number of aryl methyl sites for hydroxylation is 1. The molecule has 1 aliphatic carbocycles. The summed E-state index contributed by atoms with van der Waals surface area (Å²) in [5.74, 6) is -0.415. The molecular weight excluding hydrogens is 562 g/mol. The van der Waals surface area contributed by atoms with Crippen LogP contribution in [0, 0.1) is 10.1 Å². The van der Waals surface area contributed by atoms with Crippen LogP contribution < -0.4 is 19.6 Å². The number of nitro benzene ring substituents is 1. The van der Waals surface area contributed by atoms with Crippen molar-refractivity contribution in [1.29, 1.82) is 0 Å². The van der Waals surface area contributed by atoms with Crippen LogP contribution in [0.3, 0.4) is 0 Å². The van der Waals surface area contributed by atoms with Crippen LogP contribution in [0.2, 0.25) is 0 Å². The lowest BCUT2D eigenvalue weighted by Gasteiger charge is -2.30. The van der Waals surface area contributed by atoms with Gasteiger partial charge in [-0.1, -0.05) is 84.1 Å². The lowest BCUT2D eigenvalue weighted by atomic mass is 9.83. The van der Waals surface area contributed by atoms with Crippen molar-refractivity contribution in [2.75, 3.05) is 0 Å². The van der Waals surface area contributed by atoms with Gasteiger partial charge < -0.3 is 4.74 Å². The number of aromatic nitrogens is 1.